The van der Waals surface area contributed by atoms with Crippen molar-refractivity contribution in [3.63, 3.8) is 0 Å². The molecule has 0 fully saturated rings. The van der Waals surface area contributed by atoms with Gasteiger partial charge in [-0.25, -0.2) is 15.0 Å². The number of rotatable bonds is 4. The number of hydrogen-bond acceptors (Lipinski definition) is 3. The molecule has 0 saturated heterocycles. The Morgan fingerprint density at radius 2 is 1.18 bits per heavy atom. The molecule has 5 nitrogen and oxygen atoms in total. The lowest BCUT2D eigenvalue weighted by Gasteiger charge is -2.14. The summed E-state index contributed by atoms with van der Waals surface area (Å²) in [6.07, 6.45) is 6.63. The molecule has 5 aromatic carbocycles. The van der Waals surface area contributed by atoms with Gasteiger partial charge in [-0.2, -0.15) is 0 Å². The van der Waals surface area contributed by atoms with Crippen LogP contribution in [0.1, 0.15) is 17.7 Å². The van der Waals surface area contributed by atoms with Crippen LogP contribution in [0.5, 0.6) is 0 Å². The Kier molecular flexibility index (Phi) is 5.56. The van der Waals surface area contributed by atoms with E-state index in [1.807, 2.05) is 60.7 Å². The van der Waals surface area contributed by atoms with Crippen LogP contribution in [0, 0.1) is 0 Å². The number of benzene rings is 5. The Hall–Kier alpha value is -5.81. The van der Waals surface area contributed by atoms with E-state index < -0.39 is 0 Å². The highest BCUT2D eigenvalue weighted by molar-refractivity contribution is 6.19. The van der Waals surface area contributed by atoms with Gasteiger partial charge in [0.1, 0.15) is 0 Å². The summed E-state index contributed by atoms with van der Waals surface area (Å²) in [5.41, 5.74) is 10.3. The maximum Gasteiger partial charge on any atom is 0.164 e. The Morgan fingerprint density at radius 1 is 0.568 bits per heavy atom. The summed E-state index contributed by atoms with van der Waals surface area (Å²) in [5.74, 6) is 1.99. The molecule has 3 aromatic heterocycles. The molecule has 9 rings (SSSR count). The Balaban J connectivity index is 1.20. The number of H-pyrrole nitrogens is 1. The van der Waals surface area contributed by atoms with Gasteiger partial charge < -0.3 is 9.55 Å². The first kappa shape index (κ1) is 24.8. The van der Waals surface area contributed by atoms with Gasteiger partial charge in [-0.1, -0.05) is 97.1 Å². The van der Waals surface area contributed by atoms with E-state index in [1.54, 1.807) is 0 Å². The van der Waals surface area contributed by atoms with Crippen LogP contribution in [0.25, 0.3) is 78.6 Å². The van der Waals surface area contributed by atoms with Crippen molar-refractivity contribution in [2.45, 2.75) is 12.8 Å². The van der Waals surface area contributed by atoms with E-state index in [2.05, 4.69) is 82.4 Å². The highest BCUT2D eigenvalue weighted by Gasteiger charge is 2.22. The van der Waals surface area contributed by atoms with Gasteiger partial charge >= 0.3 is 0 Å². The normalized spacial score (nSPS) is 12.7. The fraction of sp³-hybridized carbons (Fsp3) is 0.0513. The molecule has 44 heavy (non-hydrogen) atoms. The molecule has 1 N–H and O–H groups in total. The number of nitrogens with zero attached hydrogens (tertiary/aromatic N) is 4. The molecule has 0 amide bonds. The molecule has 208 valence electrons. The van der Waals surface area contributed by atoms with Gasteiger partial charge in [0.2, 0.25) is 0 Å². The first-order chi connectivity index (χ1) is 21.8. The average Bonchev–Trinajstić information content (AvgIpc) is 3.65. The Labute approximate surface area is 254 Å². The second-order valence-electron chi connectivity index (χ2n) is 11.3. The molecule has 0 saturated carbocycles. The maximum absolute atomic E-state index is 4.92. The minimum absolute atomic E-state index is 0.659. The average molecular weight is 566 g/mol. The molecule has 0 radical (unpaired) electrons. The zero-order valence-electron chi connectivity index (χ0n) is 23.9. The number of aromatic amines is 1. The highest BCUT2D eigenvalue weighted by Crippen LogP contribution is 2.40. The Bertz CT molecular complexity index is 2300. The summed E-state index contributed by atoms with van der Waals surface area (Å²) in [5, 5.41) is 3.81. The zero-order chi connectivity index (χ0) is 29.0. The van der Waals surface area contributed by atoms with Crippen LogP contribution in [0.2, 0.25) is 0 Å². The summed E-state index contributed by atoms with van der Waals surface area (Å²) in [4.78, 5) is 18.4. The molecule has 0 spiro atoms. The van der Waals surface area contributed by atoms with Crippen LogP contribution in [0.3, 0.4) is 0 Å². The molecule has 8 aromatic rings. The maximum atomic E-state index is 4.92. The summed E-state index contributed by atoms with van der Waals surface area (Å²) >= 11 is 0. The van der Waals surface area contributed by atoms with Crippen molar-refractivity contribution in [3.8, 4) is 39.9 Å². The molecule has 3 heterocycles. The van der Waals surface area contributed by atoms with Gasteiger partial charge in [-0.3, -0.25) is 0 Å². The molecule has 1 aliphatic rings. The lowest BCUT2D eigenvalue weighted by molar-refractivity contribution is 0.888. The number of aromatic nitrogens is 5. The molecule has 0 atom stereocenters. The molecule has 0 bridgehead atoms. The summed E-state index contributed by atoms with van der Waals surface area (Å²) in [7, 11) is 0. The third-order valence-electron chi connectivity index (χ3n) is 8.67. The topological polar surface area (TPSA) is 59.4 Å². The SMILES string of the molecule is C1=Cc2c(n(-c3ccc(-c4nc(-c5ccccc5)nc(-c5ccccc5)n4)cc3)c3ccc4c5ccccc5[nH]c4c23)CC1. The third kappa shape index (κ3) is 3.90. The van der Waals surface area contributed by atoms with Gasteiger partial charge in [0.25, 0.3) is 0 Å². The van der Waals surface area contributed by atoms with Crippen molar-refractivity contribution in [2.24, 2.45) is 0 Å². The molecular formula is C39H27N5. The number of hydrogen-bond donors (Lipinski definition) is 1. The van der Waals surface area contributed by atoms with Crippen LogP contribution >= 0.6 is 0 Å². The van der Waals surface area contributed by atoms with E-state index in [-0.39, 0.29) is 0 Å². The smallest absolute Gasteiger partial charge is 0.164 e. The second-order valence-corrected chi connectivity index (χ2v) is 11.3. The van der Waals surface area contributed by atoms with Crippen LogP contribution < -0.4 is 0 Å². The number of para-hydroxylation sites is 1. The Morgan fingerprint density at radius 3 is 1.86 bits per heavy atom. The third-order valence-corrected chi connectivity index (χ3v) is 8.67. The predicted octanol–water partition coefficient (Wildman–Crippen LogP) is 9.41. The standard InChI is InChI=1S/C39H27N5/c1-3-11-25(12-4-1)37-41-38(26-13-5-2-6-14-26)43-39(42-37)27-19-21-28(22-20-27)44-33-18-10-8-16-31(33)35-34(44)24-23-30-29-15-7-9-17-32(29)40-36(30)35/h1-9,11-17,19-24,40H,10,18H2. The van der Waals surface area contributed by atoms with Crippen LogP contribution in [0.4, 0.5) is 0 Å². The van der Waals surface area contributed by atoms with Gasteiger partial charge in [-0.05, 0) is 49.2 Å². The van der Waals surface area contributed by atoms with Crippen LogP contribution in [-0.2, 0) is 6.42 Å². The quantitative estimate of drug-likeness (QED) is 0.231. The monoisotopic (exact) mass is 565 g/mol. The van der Waals surface area contributed by atoms with Crippen molar-refractivity contribution in [1.82, 2.24) is 24.5 Å². The summed E-state index contributed by atoms with van der Waals surface area (Å²) in [6.45, 7) is 0. The zero-order valence-corrected chi connectivity index (χ0v) is 23.9. The minimum atomic E-state index is 0.659. The summed E-state index contributed by atoms with van der Waals surface area (Å²) < 4.78 is 2.43. The van der Waals surface area contributed by atoms with E-state index in [0.717, 1.165) is 35.2 Å². The van der Waals surface area contributed by atoms with Crippen molar-refractivity contribution in [3.05, 3.63) is 139 Å². The van der Waals surface area contributed by atoms with Crippen molar-refractivity contribution in [2.75, 3.05) is 0 Å². The van der Waals surface area contributed by atoms with E-state index in [9.17, 15) is 0 Å². The molecule has 1 aliphatic carbocycles. The molecule has 5 heteroatoms. The largest absolute Gasteiger partial charge is 0.354 e. The van der Waals surface area contributed by atoms with Crippen LogP contribution in [0.15, 0.2) is 127 Å². The van der Waals surface area contributed by atoms with Gasteiger partial charge in [-0.15, -0.1) is 0 Å². The fourth-order valence-corrected chi connectivity index (χ4v) is 6.62. The second kappa shape index (κ2) is 9.89. The lowest BCUT2D eigenvalue weighted by Crippen LogP contribution is -2.03. The first-order valence-electron chi connectivity index (χ1n) is 15.0. The van der Waals surface area contributed by atoms with Crippen molar-refractivity contribution < 1.29 is 0 Å². The minimum Gasteiger partial charge on any atom is -0.354 e. The van der Waals surface area contributed by atoms with Crippen molar-refractivity contribution >= 4 is 38.8 Å². The van der Waals surface area contributed by atoms with Crippen molar-refractivity contribution in [1.29, 1.82) is 0 Å². The molecule has 0 unspecified atom stereocenters. The van der Waals surface area contributed by atoms with Gasteiger partial charge in [0, 0.05) is 55.3 Å². The molecular weight excluding hydrogens is 538 g/mol. The molecule has 0 aliphatic heterocycles. The first-order valence-corrected chi connectivity index (χ1v) is 15.0. The van der Waals surface area contributed by atoms with E-state index in [1.165, 1.54) is 44.0 Å². The number of nitrogens with one attached hydrogen (secondary N) is 1. The van der Waals surface area contributed by atoms with Gasteiger partial charge in [0.15, 0.2) is 17.5 Å². The van der Waals surface area contributed by atoms with Gasteiger partial charge in [0.05, 0.1) is 11.0 Å². The highest BCUT2D eigenvalue weighted by atomic mass is 15.0. The van der Waals surface area contributed by atoms with Crippen LogP contribution in [-0.4, -0.2) is 24.5 Å². The fourth-order valence-electron chi connectivity index (χ4n) is 6.62. The van der Waals surface area contributed by atoms with E-state index >= 15 is 0 Å². The lowest BCUT2D eigenvalue weighted by atomic mass is 10.0. The van der Waals surface area contributed by atoms with E-state index in [4.69, 9.17) is 15.0 Å². The number of fused-ring (bicyclic) bond motifs is 7. The summed E-state index contributed by atoms with van der Waals surface area (Å²) in [6, 6.07) is 42.0. The van der Waals surface area contributed by atoms with E-state index in [0.29, 0.717) is 17.5 Å². The predicted molar refractivity (Wildman–Crippen MR) is 180 cm³/mol. The number of allylic oxidation sites excluding steroid dienone is 1.